The van der Waals surface area contributed by atoms with Crippen LogP contribution in [-0.4, -0.2) is 23.7 Å². The van der Waals surface area contributed by atoms with Gasteiger partial charge in [0.1, 0.15) is 12.1 Å². The van der Waals surface area contributed by atoms with Crippen LogP contribution in [0.1, 0.15) is 33.1 Å². The van der Waals surface area contributed by atoms with Crippen molar-refractivity contribution in [2.24, 2.45) is 5.84 Å². The number of piperidine rings is 1. The van der Waals surface area contributed by atoms with Crippen LogP contribution in [0.4, 0.5) is 0 Å². The zero-order chi connectivity index (χ0) is 7.78. The second-order valence-corrected chi connectivity index (χ2v) is 3.85. The highest BCUT2D eigenvalue weighted by atomic mass is 15.6. The molecule has 0 saturated carbocycles. The summed E-state index contributed by atoms with van der Waals surface area (Å²) < 4.78 is 0.722. The fourth-order valence-corrected chi connectivity index (χ4v) is 1.70. The van der Waals surface area contributed by atoms with Gasteiger partial charge in [-0.05, 0) is 20.3 Å². The number of nitrogens with zero attached hydrogens (tertiary/aromatic N) is 1. The van der Waals surface area contributed by atoms with E-state index in [1.807, 2.05) is 0 Å². The molecule has 2 N–H and O–H groups in total. The van der Waals surface area contributed by atoms with Gasteiger partial charge in [-0.25, -0.2) is 4.59 Å². The number of nitrogens with two attached hydrogens (primary N) is 1. The predicted molar refractivity (Wildman–Crippen MR) is 43.1 cm³/mol. The maximum Gasteiger partial charge on any atom is 0.103 e. The van der Waals surface area contributed by atoms with Crippen molar-refractivity contribution in [3.63, 3.8) is 0 Å². The predicted octanol–water partition coefficient (Wildman–Crippen LogP) is 1.27. The molecule has 0 aromatic heterocycles. The monoisotopic (exact) mass is 143 g/mol. The second-order valence-electron chi connectivity index (χ2n) is 3.85. The fraction of sp³-hybridized carbons (Fsp3) is 1.00. The lowest BCUT2D eigenvalue weighted by molar-refractivity contribution is -0.969. The van der Waals surface area contributed by atoms with Gasteiger partial charge in [-0.15, -0.1) is 0 Å². The number of quaternary nitrogens is 1. The molecule has 2 nitrogen and oxygen atoms in total. The van der Waals surface area contributed by atoms with Gasteiger partial charge < -0.3 is 0 Å². The SMILES string of the molecule is C[C@H]1CCC[C@H](C)[N+]1(C)N. The molecule has 1 aliphatic rings. The van der Waals surface area contributed by atoms with Crippen LogP contribution in [0.2, 0.25) is 0 Å². The Kier molecular flexibility index (Phi) is 2.02. The molecule has 1 saturated heterocycles. The maximum atomic E-state index is 6.10. The average molecular weight is 143 g/mol. The molecule has 0 aliphatic carbocycles. The van der Waals surface area contributed by atoms with Gasteiger partial charge in [0.15, 0.2) is 0 Å². The molecule has 0 bridgehead atoms. The standard InChI is InChI=1S/C8H19N2/c1-7-5-4-6-8(2)10(7,3)9/h7-8H,4-6,9H2,1-3H3/q+1/t7-,8-/m0/s1. The number of hydrogen-bond donors (Lipinski definition) is 1. The molecule has 0 spiro atoms. The van der Waals surface area contributed by atoms with E-state index in [4.69, 9.17) is 5.84 Å². The fourth-order valence-electron chi connectivity index (χ4n) is 1.70. The Hall–Kier alpha value is -0.0800. The molecule has 1 heterocycles. The van der Waals surface area contributed by atoms with Gasteiger partial charge in [0.25, 0.3) is 0 Å². The lowest BCUT2D eigenvalue weighted by Crippen LogP contribution is -2.63. The minimum absolute atomic E-state index is 0.642. The van der Waals surface area contributed by atoms with Crippen molar-refractivity contribution in [2.75, 3.05) is 7.05 Å². The highest BCUT2D eigenvalue weighted by Gasteiger charge is 2.35. The Morgan fingerprint density at radius 1 is 1.20 bits per heavy atom. The van der Waals surface area contributed by atoms with Crippen LogP contribution in [0.3, 0.4) is 0 Å². The van der Waals surface area contributed by atoms with E-state index in [-0.39, 0.29) is 0 Å². The molecule has 1 fully saturated rings. The first-order chi connectivity index (χ1) is 4.55. The number of rotatable bonds is 0. The Morgan fingerprint density at radius 2 is 1.60 bits per heavy atom. The van der Waals surface area contributed by atoms with E-state index in [9.17, 15) is 0 Å². The van der Waals surface area contributed by atoms with Crippen molar-refractivity contribution >= 4 is 0 Å². The minimum atomic E-state index is 0.642. The van der Waals surface area contributed by atoms with E-state index in [2.05, 4.69) is 20.9 Å². The quantitative estimate of drug-likeness (QED) is 0.401. The van der Waals surface area contributed by atoms with E-state index < -0.39 is 0 Å². The normalized spacial score (nSPS) is 39.6. The Morgan fingerprint density at radius 3 is 1.90 bits per heavy atom. The summed E-state index contributed by atoms with van der Waals surface area (Å²) in [4.78, 5) is 0. The van der Waals surface area contributed by atoms with E-state index >= 15 is 0 Å². The molecular formula is C8H19N2+. The Balaban J connectivity index is 2.63. The van der Waals surface area contributed by atoms with Crippen molar-refractivity contribution in [1.82, 2.24) is 0 Å². The van der Waals surface area contributed by atoms with Crippen LogP contribution < -0.4 is 5.84 Å². The third-order valence-electron chi connectivity index (χ3n) is 3.14. The van der Waals surface area contributed by atoms with E-state index in [1.54, 1.807) is 0 Å². The average Bonchev–Trinajstić information content (AvgIpc) is 1.84. The first-order valence-electron chi connectivity index (χ1n) is 4.19. The molecule has 0 aromatic carbocycles. The third kappa shape index (κ3) is 1.18. The van der Waals surface area contributed by atoms with Crippen LogP contribution in [0.25, 0.3) is 0 Å². The molecule has 60 valence electrons. The van der Waals surface area contributed by atoms with Crippen molar-refractivity contribution in [3.05, 3.63) is 0 Å². The summed E-state index contributed by atoms with van der Waals surface area (Å²) in [5, 5.41) is 0. The summed E-state index contributed by atoms with van der Waals surface area (Å²) >= 11 is 0. The van der Waals surface area contributed by atoms with Crippen molar-refractivity contribution in [3.8, 4) is 0 Å². The lowest BCUT2D eigenvalue weighted by atomic mass is 9.97. The highest BCUT2D eigenvalue weighted by molar-refractivity contribution is 4.64. The summed E-state index contributed by atoms with van der Waals surface area (Å²) in [7, 11) is 2.13. The molecule has 2 heteroatoms. The largest absolute Gasteiger partial charge is 0.246 e. The van der Waals surface area contributed by atoms with Gasteiger partial charge in [-0.2, -0.15) is 5.84 Å². The van der Waals surface area contributed by atoms with E-state index in [0.717, 1.165) is 4.59 Å². The zero-order valence-corrected chi connectivity index (χ0v) is 7.30. The summed E-state index contributed by atoms with van der Waals surface area (Å²) in [6.07, 6.45) is 3.93. The molecule has 0 radical (unpaired) electrons. The molecule has 2 atom stereocenters. The first kappa shape index (κ1) is 8.02. The van der Waals surface area contributed by atoms with Crippen LogP contribution in [0, 0.1) is 0 Å². The maximum absolute atomic E-state index is 6.10. The summed E-state index contributed by atoms with van der Waals surface area (Å²) in [5.41, 5.74) is 0. The van der Waals surface area contributed by atoms with Crippen LogP contribution >= 0.6 is 0 Å². The van der Waals surface area contributed by atoms with Gasteiger partial charge in [-0.3, -0.25) is 0 Å². The third-order valence-corrected chi connectivity index (χ3v) is 3.14. The second kappa shape index (κ2) is 2.51. The van der Waals surface area contributed by atoms with Gasteiger partial charge in [0.2, 0.25) is 0 Å². The Labute approximate surface area is 63.6 Å². The summed E-state index contributed by atoms with van der Waals surface area (Å²) in [6.45, 7) is 4.49. The molecular weight excluding hydrogens is 124 g/mol. The van der Waals surface area contributed by atoms with E-state index in [1.165, 1.54) is 19.3 Å². The molecule has 1 rings (SSSR count). The van der Waals surface area contributed by atoms with Crippen LogP contribution in [0.5, 0.6) is 0 Å². The van der Waals surface area contributed by atoms with Gasteiger partial charge in [-0.1, -0.05) is 0 Å². The summed E-state index contributed by atoms with van der Waals surface area (Å²) in [6, 6.07) is 1.28. The van der Waals surface area contributed by atoms with Crippen molar-refractivity contribution < 1.29 is 4.59 Å². The van der Waals surface area contributed by atoms with Crippen molar-refractivity contribution in [1.29, 1.82) is 0 Å². The number of likely N-dealkylation sites (tertiary alicyclic amines) is 1. The first-order valence-corrected chi connectivity index (χ1v) is 4.19. The molecule has 0 amide bonds. The Bertz CT molecular complexity index is 108. The topological polar surface area (TPSA) is 26.0 Å². The zero-order valence-electron chi connectivity index (χ0n) is 7.30. The van der Waals surface area contributed by atoms with Gasteiger partial charge >= 0.3 is 0 Å². The molecule has 0 unspecified atom stereocenters. The number of hydrogen-bond acceptors (Lipinski definition) is 1. The van der Waals surface area contributed by atoms with Crippen LogP contribution in [0.15, 0.2) is 0 Å². The molecule has 0 aromatic rings. The van der Waals surface area contributed by atoms with Crippen molar-refractivity contribution in [2.45, 2.75) is 45.2 Å². The lowest BCUT2D eigenvalue weighted by Gasteiger charge is -2.43. The molecule has 1 aliphatic heterocycles. The minimum Gasteiger partial charge on any atom is -0.246 e. The molecule has 10 heavy (non-hydrogen) atoms. The van der Waals surface area contributed by atoms with Crippen LogP contribution in [-0.2, 0) is 0 Å². The van der Waals surface area contributed by atoms with E-state index in [0.29, 0.717) is 12.1 Å². The smallest absolute Gasteiger partial charge is 0.103 e. The van der Waals surface area contributed by atoms with Gasteiger partial charge in [0, 0.05) is 12.8 Å². The summed E-state index contributed by atoms with van der Waals surface area (Å²) in [5.74, 6) is 6.10. The van der Waals surface area contributed by atoms with Gasteiger partial charge in [0.05, 0.1) is 7.05 Å². The highest BCUT2D eigenvalue weighted by Crippen LogP contribution is 2.24.